The Morgan fingerprint density at radius 2 is 1.65 bits per heavy atom. The van der Waals surface area contributed by atoms with Gasteiger partial charge in [0, 0.05) is 18.7 Å². The average Bonchev–Trinajstić information content (AvgIpc) is 2.46. The van der Waals surface area contributed by atoms with Crippen molar-refractivity contribution in [3.63, 3.8) is 0 Å². The average molecular weight is 299 g/mol. The summed E-state index contributed by atoms with van der Waals surface area (Å²) in [7, 11) is -3.50. The monoisotopic (exact) mass is 299 g/mol. The molecule has 0 spiro atoms. The maximum Gasteiger partial charge on any atom is 0.265 e. The van der Waals surface area contributed by atoms with Gasteiger partial charge < -0.3 is 0 Å². The van der Waals surface area contributed by atoms with E-state index in [0.717, 1.165) is 12.8 Å². The molecule has 112 valence electrons. The Balaban J connectivity index is 3.05. The van der Waals surface area contributed by atoms with Crippen LogP contribution in [0.5, 0.6) is 0 Å². The maximum atomic E-state index is 12.5. The van der Waals surface area contributed by atoms with Crippen molar-refractivity contribution in [2.24, 2.45) is 5.84 Å². The minimum atomic E-state index is -3.50. The zero-order valence-electron chi connectivity index (χ0n) is 11.8. The van der Waals surface area contributed by atoms with Crippen molar-refractivity contribution < 1.29 is 13.2 Å². The molecule has 0 heterocycles. The molecule has 0 aliphatic heterocycles. The van der Waals surface area contributed by atoms with Crippen LogP contribution in [0.25, 0.3) is 0 Å². The first-order valence-electron chi connectivity index (χ1n) is 6.58. The molecule has 20 heavy (non-hydrogen) atoms. The summed E-state index contributed by atoms with van der Waals surface area (Å²) in [6, 6.07) is 5.76. The van der Waals surface area contributed by atoms with Crippen LogP contribution in [0.2, 0.25) is 0 Å². The predicted molar refractivity (Wildman–Crippen MR) is 77.4 cm³/mol. The first-order chi connectivity index (χ1) is 9.47. The highest BCUT2D eigenvalue weighted by molar-refractivity contribution is 7.89. The molecule has 0 unspecified atom stereocenters. The molecule has 1 aromatic carbocycles. The lowest BCUT2D eigenvalue weighted by atomic mass is 10.2. The second-order valence-corrected chi connectivity index (χ2v) is 6.34. The van der Waals surface area contributed by atoms with Crippen molar-refractivity contribution in [2.75, 3.05) is 13.1 Å². The number of carbonyl (C=O) groups is 1. The summed E-state index contributed by atoms with van der Waals surface area (Å²) >= 11 is 0. The normalized spacial score (nSPS) is 11.6. The van der Waals surface area contributed by atoms with Gasteiger partial charge in [-0.15, -0.1) is 0 Å². The molecule has 7 heteroatoms. The fraction of sp³-hybridized carbons (Fsp3) is 0.462. The van der Waals surface area contributed by atoms with Gasteiger partial charge in [-0.2, -0.15) is 4.31 Å². The zero-order valence-corrected chi connectivity index (χ0v) is 12.6. The molecular weight excluding hydrogens is 278 g/mol. The standard InChI is InChI=1S/C13H21N3O3S/c1-3-9-16(10-4-2)20(18,19)12-7-5-11(6-8-12)13(17)15-14/h5-8H,3-4,9-10,14H2,1-2H3,(H,15,17). The van der Waals surface area contributed by atoms with Gasteiger partial charge in [0.25, 0.3) is 5.91 Å². The first-order valence-corrected chi connectivity index (χ1v) is 8.02. The smallest absolute Gasteiger partial charge is 0.265 e. The lowest BCUT2D eigenvalue weighted by Gasteiger charge is -2.21. The van der Waals surface area contributed by atoms with Gasteiger partial charge in [-0.05, 0) is 37.1 Å². The number of hydrogen-bond donors (Lipinski definition) is 2. The van der Waals surface area contributed by atoms with Crippen LogP contribution < -0.4 is 11.3 Å². The minimum absolute atomic E-state index is 0.188. The number of nitrogens with zero attached hydrogens (tertiary/aromatic N) is 1. The Morgan fingerprint density at radius 3 is 2.05 bits per heavy atom. The molecule has 6 nitrogen and oxygen atoms in total. The van der Waals surface area contributed by atoms with Crippen molar-refractivity contribution in [2.45, 2.75) is 31.6 Å². The highest BCUT2D eigenvalue weighted by Gasteiger charge is 2.23. The van der Waals surface area contributed by atoms with Crippen LogP contribution in [-0.2, 0) is 10.0 Å². The number of carbonyl (C=O) groups excluding carboxylic acids is 1. The van der Waals surface area contributed by atoms with Gasteiger partial charge in [0.05, 0.1) is 4.90 Å². The molecule has 0 aromatic heterocycles. The molecule has 1 aromatic rings. The SMILES string of the molecule is CCCN(CCC)S(=O)(=O)c1ccc(C(=O)NN)cc1. The van der Waals surface area contributed by atoms with Crippen molar-refractivity contribution in [1.29, 1.82) is 0 Å². The van der Waals surface area contributed by atoms with Gasteiger partial charge in [-0.1, -0.05) is 13.8 Å². The van der Waals surface area contributed by atoms with Gasteiger partial charge in [0.2, 0.25) is 10.0 Å². The number of nitrogens with one attached hydrogen (secondary N) is 1. The topological polar surface area (TPSA) is 92.5 Å². The Kier molecular flexibility index (Phi) is 6.12. The number of amides is 1. The summed E-state index contributed by atoms with van der Waals surface area (Å²) < 4.78 is 26.4. The van der Waals surface area contributed by atoms with Crippen LogP contribution in [0.4, 0.5) is 0 Å². The van der Waals surface area contributed by atoms with Crippen LogP contribution in [-0.4, -0.2) is 31.7 Å². The molecule has 0 fully saturated rings. The van der Waals surface area contributed by atoms with Gasteiger partial charge in [0.15, 0.2) is 0 Å². The maximum absolute atomic E-state index is 12.5. The van der Waals surface area contributed by atoms with E-state index >= 15 is 0 Å². The summed E-state index contributed by atoms with van der Waals surface area (Å²) in [6.07, 6.45) is 1.51. The third-order valence-electron chi connectivity index (χ3n) is 2.83. The van der Waals surface area contributed by atoms with Crippen LogP contribution >= 0.6 is 0 Å². The number of nitrogens with two attached hydrogens (primary N) is 1. The fourth-order valence-corrected chi connectivity index (χ4v) is 3.49. The summed E-state index contributed by atoms with van der Waals surface area (Å²) in [5, 5.41) is 0. The Morgan fingerprint density at radius 1 is 1.15 bits per heavy atom. The van der Waals surface area contributed by atoms with Crippen molar-refractivity contribution in [1.82, 2.24) is 9.73 Å². The van der Waals surface area contributed by atoms with E-state index in [1.54, 1.807) is 0 Å². The van der Waals surface area contributed by atoms with E-state index in [1.165, 1.54) is 28.6 Å². The molecule has 3 N–H and O–H groups in total. The van der Waals surface area contributed by atoms with Crippen molar-refractivity contribution in [3.8, 4) is 0 Å². The molecule has 0 aliphatic carbocycles. The molecule has 0 bridgehead atoms. The number of benzene rings is 1. The number of nitrogen functional groups attached to an aromatic ring is 1. The van der Waals surface area contributed by atoms with E-state index in [1.807, 2.05) is 19.3 Å². The largest absolute Gasteiger partial charge is 0.290 e. The van der Waals surface area contributed by atoms with Crippen molar-refractivity contribution >= 4 is 15.9 Å². The summed E-state index contributed by atoms with van der Waals surface area (Å²) in [5.41, 5.74) is 2.33. The fourth-order valence-electron chi connectivity index (χ4n) is 1.86. The third kappa shape index (κ3) is 3.78. The number of rotatable bonds is 7. The zero-order chi connectivity index (χ0) is 15.2. The number of sulfonamides is 1. The number of hydrogen-bond acceptors (Lipinski definition) is 4. The van der Waals surface area contributed by atoms with Crippen LogP contribution in [0, 0.1) is 0 Å². The quantitative estimate of drug-likeness (QED) is 0.448. The van der Waals surface area contributed by atoms with E-state index < -0.39 is 15.9 Å². The van der Waals surface area contributed by atoms with Gasteiger partial charge in [-0.25, -0.2) is 14.3 Å². The molecule has 0 radical (unpaired) electrons. The van der Waals surface area contributed by atoms with Gasteiger partial charge in [-0.3, -0.25) is 10.2 Å². The Hall–Kier alpha value is -1.44. The first kappa shape index (κ1) is 16.6. The van der Waals surface area contributed by atoms with Crippen LogP contribution in [0.3, 0.4) is 0 Å². The van der Waals surface area contributed by atoms with Crippen LogP contribution in [0.1, 0.15) is 37.0 Å². The molecule has 0 aliphatic rings. The Bertz CT molecular complexity index is 534. The Labute approximate surface area is 120 Å². The summed E-state index contributed by atoms with van der Waals surface area (Å²) in [4.78, 5) is 11.5. The van der Waals surface area contributed by atoms with Crippen LogP contribution in [0.15, 0.2) is 29.2 Å². The molecule has 0 saturated carbocycles. The highest BCUT2D eigenvalue weighted by atomic mass is 32.2. The molecule has 0 saturated heterocycles. The molecular formula is C13H21N3O3S. The minimum Gasteiger partial charge on any atom is -0.290 e. The third-order valence-corrected chi connectivity index (χ3v) is 4.74. The van der Waals surface area contributed by atoms with Gasteiger partial charge in [0.1, 0.15) is 0 Å². The molecule has 1 rings (SSSR count). The lowest BCUT2D eigenvalue weighted by Crippen LogP contribution is -2.33. The van der Waals surface area contributed by atoms with Gasteiger partial charge >= 0.3 is 0 Å². The van der Waals surface area contributed by atoms with E-state index in [2.05, 4.69) is 0 Å². The van der Waals surface area contributed by atoms with E-state index in [9.17, 15) is 13.2 Å². The van der Waals surface area contributed by atoms with E-state index in [4.69, 9.17) is 5.84 Å². The lowest BCUT2D eigenvalue weighted by molar-refractivity contribution is 0.0953. The van der Waals surface area contributed by atoms with E-state index in [0.29, 0.717) is 18.7 Å². The summed E-state index contributed by atoms with van der Waals surface area (Å²) in [5.74, 6) is 4.58. The second-order valence-electron chi connectivity index (χ2n) is 4.40. The van der Waals surface area contributed by atoms with E-state index in [-0.39, 0.29) is 4.90 Å². The highest BCUT2D eigenvalue weighted by Crippen LogP contribution is 2.17. The second kappa shape index (κ2) is 7.37. The number of hydrazine groups is 1. The molecule has 1 amide bonds. The van der Waals surface area contributed by atoms with Crippen molar-refractivity contribution in [3.05, 3.63) is 29.8 Å². The molecule has 0 atom stereocenters. The summed E-state index contributed by atoms with van der Waals surface area (Å²) in [6.45, 7) is 4.85. The predicted octanol–water partition coefficient (Wildman–Crippen LogP) is 1.10.